The van der Waals surface area contributed by atoms with Crippen LogP contribution in [0.2, 0.25) is 0 Å². The third kappa shape index (κ3) is 4.34. The highest BCUT2D eigenvalue weighted by Crippen LogP contribution is 2.18. The fraction of sp³-hybridized carbons (Fsp3) is 0.200. The topological polar surface area (TPSA) is 83.0 Å². The van der Waals surface area contributed by atoms with E-state index in [2.05, 4.69) is 15.5 Å². The lowest BCUT2D eigenvalue weighted by Gasteiger charge is -2.12. The van der Waals surface area contributed by atoms with E-state index in [4.69, 9.17) is 12.2 Å². The van der Waals surface area contributed by atoms with Crippen LogP contribution >= 0.6 is 12.2 Å². The normalized spacial score (nSPS) is 10.5. The van der Waals surface area contributed by atoms with Gasteiger partial charge in [-0.1, -0.05) is 35.9 Å². The molecule has 3 rings (SSSR count). The molecule has 0 unspecified atom stereocenters. The fourth-order valence-corrected chi connectivity index (χ4v) is 2.92. The number of carbonyl (C=O) groups excluding carboxylic acids is 2. The highest BCUT2D eigenvalue weighted by molar-refractivity contribution is 7.71. The minimum absolute atomic E-state index is 0.00436. The predicted molar refractivity (Wildman–Crippen MR) is 111 cm³/mol. The molecule has 0 atom stereocenters. The van der Waals surface area contributed by atoms with Gasteiger partial charge in [-0.15, -0.1) is 0 Å². The minimum Gasteiger partial charge on any atom is -0.345 e. The van der Waals surface area contributed by atoms with Crippen LogP contribution in [0.4, 0.5) is 5.69 Å². The van der Waals surface area contributed by atoms with Crippen molar-refractivity contribution in [2.45, 2.75) is 13.5 Å². The summed E-state index contributed by atoms with van der Waals surface area (Å²) in [6.07, 6.45) is 0. The Morgan fingerprint density at radius 1 is 1.18 bits per heavy atom. The number of nitrogens with one attached hydrogen (secondary N) is 2. The summed E-state index contributed by atoms with van der Waals surface area (Å²) in [4.78, 5) is 26.1. The van der Waals surface area contributed by atoms with Crippen molar-refractivity contribution in [2.24, 2.45) is 0 Å². The van der Waals surface area contributed by atoms with E-state index in [-0.39, 0.29) is 18.4 Å². The monoisotopic (exact) mass is 395 g/mol. The van der Waals surface area contributed by atoms with Gasteiger partial charge in [-0.3, -0.25) is 19.3 Å². The molecule has 2 aromatic carbocycles. The molecule has 3 aromatic rings. The van der Waals surface area contributed by atoms with Crippen LogP contribution in [0.15, 0.2) is 48.5 Å². The number of H-pyrrole nitrogens is 1. The number of aryl methyl sites for hydroxylation is 1. The van der Waals surface area contributed by atoms with Gasteiger partial charge in [0.2, 0.25) is 5.91 Å². The molecule has 0 fully saturated rings. The Balaban J connectivity index is 1.79. The van der Waals surface area contributed by atoms with E-state index in [1.807, 2.05) is 31.2 Å². The van der Waals surface area contributed by atoms with Gasteiger partial charge in [0.1, 0.15) is 6.54 Å². The number of anilines is 1. The number of nitrogens with zero attached hydrogens (tertiary/aromatic N) is 3. The van der Waals surface area contributed by atoms with Gasteiger partial charge in [0.15, 0.2) is 10.6 Å². The Hall–Kier alpha value is -3.26. The van der Waals surface area contributed by atoms with E-state index in [9.17, 15) is 9.59 Å². The third-order valence-electron chi connectivity index (χ3n) is 4.17. The molecule has 7 nitrogen and oxygen atoms in total. The molecule has 8 heteroatoms. The number of aromatic nitrogens is 3. The third-order valence-corrected chi connectivity index (χ3v) is 4.48. The largest absolute Gasteiger partial charge is 0.345 e. The molecule has 0 bridgehead atoms. The highest BCUT2D eigenvalue weighted by Gasteiger charge is 2.14. The van der Waals surface area contributed by atoms with Crippen molar-refractivity contribution >= 4 is 29.7 Å². The lowest BCUT2D eigenvalue weighted by atomic mass is 10.1. The van der Waals surface area contributed by atoms with E-state index in [1.54, 1.807) is 42.9 Å². The number of amides is 2. The number of hydrogen-bond acceptors (Lipinski definition) is 4. The van der Waals surface area contributed by atoms with E-state index >= 15 is 0 Å². The van der Waals surface area contributed by atoms with Gasteiger partial charge >= 0.3 is 0 Å². The molecular formula is C20H21N5O2S. The van der Waals surface area contributed by atoms with Gasteiger partial charge in [0.05, 0.1) is 0 Å². The number of carbonyl (C=O) groups is 2. The summed E-state index contributed by atoms with van der Waals surface area (Å²) >= 11 is 5.28. The van der Waals surface area contributed by atoms with Crippen LogP contribution in [0.25, 0.3) is 11.4 Å². The Morgan fingerprint density at radius 2 is 1.89 bits per heavy atom. The molecule has 1 heterocycles. The molecular weight excluding hydrogens is 374 g/mol. The van der Waals surface area contributed by atoms with E-state index in [0.717, 1.165) is 11.1 Å². The molecule has 0 saturated heterocycles. The van der Waals surface area contributed by atoms with Gasteiger partial charge in [-0.2, -0.15) is 5.10 Å². The van der Waals surface area contributed by atoms with Crippen LogP contribution in [0.1, 0.15) is 15.9 Å². The molecule has 0 aliphatic heterocycles. The van der Waals surface area contributed by atoms with Crippen LogP contribution in [-0.4, -0.2) is 45.6 Å². The quantitative estimate of drug-likeness (QED) is 0.650. The molecule has 0 aliphatic carbocycles. The second kappa shape index (κ2) is 8.18. The molecule has 1 aromatic heterocycles. The Bertz CT molecular complexity index is 1070. The number of aromatic amines is 1. The number of rotatable bonds is 5. The summed E-state index contributed by atoms with van der Waals surface area (Å²) < 4.78 is 2.01. The van der Waals surface area contributed by atoms with Crippen LogP contribution in [0, 0.1) is 11.7 Å². The van der Waals surface area contributed by atoms with Crippen molar-refractivity contribution in [3.05, 3.63) is 64.4 Å². The SMILES string of the molecule is Cc1ccc(-c2n[nH]c(=S)n2CC(=O)Nc2cccc(C(=O)N(C)C)c2)cc1. The van der Waals surface area contributed by atoms with Crippen molar-refractivity contribution in [3.63, 3.8) is 0 Å². The summed E-state index contributed by atoms with van der Waals surface area (Å²) in [7, 11) is 3.36. The predicted octanol–water partition coefficient (Wildman–Crippen LogP) is 3.26. The second-order valence-corrected chi connectivity index (χ2v) is 7.02. The highest BCUT2D eigenvalue weighted by atomic mass is 32.1. The fourth-order valence-electron chi connectivity index (χ4n) is 2.72. The summed E-state index contributed by atoms with van der Waals surface area (Å²) in [6.45, 7) is 2.01. The van der Waals surface area contributed by atoms with Gasteiger partial charge in [0.25, 0.3) is 5.91 Å². The minimum atomic E-state index is -0.264. The maximum Gasteiger partial charge on any atom is 0.253 e. The Morgan fingerprint density at radius 3 is 2.57 bits per heavy atom. The average Bonchev–Trinajstić information content (AvgIpc) is 3.02. The maximum atomic E-state index is 12.6. The number of hydrogen-bond donors (Lipinski definition) is 2. The lowest BCUT2D eigenvalue weighted by molar-refractivity contribution is -0.116. The summed E-state index contributed by atoms with van der Waals surface area (Å²) in [5.74, 6) is 0.201. The summed E-state index contributed by atoms with van der Waals surface area (Å²) in [5, 5.41) is 9.80. The van der Waals surface area contributed by atoms with Crippen LogP contribution in [0.3, 0.4) is 0 Å². The van der Waals surface area contributed by atoms with Crippen molar-refractivity contribution in [1.29, 1.82) is 0 Å². The van der Waals surface area contributed by atoms with Crippen LogP contribution < -0.4 is 5.32 Å². The molecule has 0 saturated carbocycles. The van der Waals surface area contributed by atoms with E-state index in [0.29, 0.717) is 21.8 Å². The lowest BCUT2D eigenvalue weighted by Crippen LogP contribution is -2.22. The first-order valence-electron chi connectivity index (χ1n) is 8.69. The zero-order chi connectivity index (χ0) is 20.3. The van der Waals surface area contributed by atoms with Gasteiger partial charge in [0, 0.05) is 30.9 Å². The molecule has 0 aliphatic rings. The smallest absolute Gasteiger partial charge is 0.253 e. The first kappa shape index (κ1) is 19.5. The molecule has 2 amide bonds. The van der Waals surface area contributed by atoms with E-state index < -0.39 is 0 Å². The summed E-state index contributed by atoms with van der Waals surface area (Å²) in [5.41, 5.74) is 3.05. The van der Waals surface area contributed by atoms with Crippen molar-refractivity contribution in [1.82, 2.24) is 19.7 Å². The zero-order valence-corrected chi connectivity index (χ0v) is 16.7. The zero-order valence-electron chi connectivity index (χ0n) is 15.9. The van der Waals surface area contributed by atoms with E-state index in [1.165, 1.54) is 4.90 Å². The van der Waals surface area contributed by atoms with Gasteiger partial charge in [-0.25, -0.2) is 0 Å². The van der Waals surface area contributed by atoms with Gasteiger partial charge in [-0.05, 0) is 37.3 Å². The molecule has 28 heavy (non-hydrogen) atoms. The Labute approximate surface area is 168 Å². The molecule has 2 N–H and O–H groups in total. The van der Waals surface area contributed by atoms with Crippen LogP contribution in [-0.2, 0) is 11.3 Å². The van der Waals surface area contributed by atoms with Gasteiger partial charge < -0.3 is 10.2 Å². The first-order valence-corrected chi connectivity index (χ1v) is 9.10. The Kier molecular flexibility index (Phi) is 5.70. The summed E-state index contributed by atoms with van der Waals surface area (Å²) in [6, 6.07) is 14.6. The number of benzene rings is 2. The molecule has 0 radical (unpaired) electrons. The second-order valence-electron chi connectivity index (χ2n) is 6.63. The molecule has 144 valence electrons. The van der Waals surface area contributed by atoms with Crippen molar-refractivity contribution in [2.75, 3.05) is 19.4 Å². The maximum absolute atomic E-state index is 12.6. The first-order chi connectivity index (χ1) is 13.3. The molecule has 0 spiro atoms. The average molecular weight is 395 g/mol. The van der Waals surface area contributed by atoms with Crippen molar-refractivity contribution < 1.29 is 9.59 Å². The standard InChI is InChI=1S/C20H21N5O2S/c1-13-7-9-14(10-8-13)18-22-23-20(28)25(18)12-17(26)21-16-6-4-5-15(11-16)19(27)24(2)3/h4-11H,12H2,1-3H3,(H,21,26)(H,23,28). The van der Waals surface area contributed by atoms with Crippen molar-refractivity contribution in [3.8, 4) is 11.4 Å². The van der Waals surface area contributed by atoms with Crippen LogP contribution in [0.5, 0.6) is 0 Å².